The fraction of sp³-hybridized carbons (Fsp3) is 0.231. The number of ether oxygens (including phenoxy) is 1. The summed E-state index contributed by atoms with van der Waals surface area (Å²) >= 11 is 3.22. The van der Waals surface area contributed by atoms with Gasteiger partial charge in [0.25, 0.3) is 0 Å². The molecule has 0 radical (unpaired) electrons. The zero-order valence-electron chi connectivity index (χ0n) is 10.3. The van der Waals surface area contributed by atoms with Gasteiger partial charge in [0.2, 0.25) is 5.91 Å². The number of esters is 1. The fourth-order valence-electron chi connectivity index (χ4n) is 1.26. The van der Waals surface area contributed by atoms with Gasteiger partial charge in [0.15, 0.2) is 0 Å². The average molecular weight is 330 g/mol. The number of methoxy groups -OCH3 is 1. The highest BCUT2D eigenvalue weighted by atomic mass is 79.9. The molecule has 0 aromatic heterocycles. The minimum atomic E-state index is -0.415. The molecule has 4 nitrogen and oxygen atoms in total. The van der Waals surface area contributed by atoms with E-state index in [-0.39, 0.29) is 13.0 Å². The standard InChI is InChI=1S/C13H13BrFNO3/c1-19-13(18)6-7-16-12(17)5-2-9-8-10(14)3-4-11(9)15/h2-5,8H,6-7H2,1H3,(H,16,17)/b5-2+. The fourth-order valence-corrected chi connectivity index (χ4v) is 1.64. The first-order valence-corrected chi connectivity index (χ1v) is 6.30. The van der Waals surface area contributed by atoms with E-state index in [1.165, 1.54) is 25.3 Å². The van der Waals surface area contributed by atoms with E-state index in [1.54, 1.807) is 12.1 Å². The first-order chi connectivity index (χ1) is 9.02. The number of carbonyl (C=O) groups excluding carboxylic acids is 2. The van der Waals surface area contributed by atoms with Gasteiger partial charge in [-0.3, -0.25) is 9.59 Å². The Balaban J connectivity index is 2.49. The van der Waals surface area contributed by atoms with Gasteiger partial charge in [0.1, 0.15) is 5.82 Å². The maximum absolute atomic E-state index is 13.4. The Labute approximate surface area is 118 Å². The van der Waals surface area contributed by atoms with Gasteiger partial charge in [0.05, 0.1) is 13.5 Å². The summed E-state index contributed by atoms with van der Waals surface area (Å²) in [6.07, 6.45) is 2.68. The quantitative estimate of drug-likeness (QED) is 0.666. The smallest absolute Gasteiger partial charge is 0.307 e. The lowest BCUT2D eigenvalue weighted by Crippen LogP contribution is -2.24. The molecule has 0 aliphatic heterocycles. The number of amides is 1. The van der Waals surface area contributed by atoms with Crippen molar-refractivity contribution in [1.82, 2.24) is 5.32 Å². The number of halogens is 2. The van der Waals surface area contributed by atoms with Crippen LogP contribution in [0.2, 0.25) is 0 Å². The van der Waals surface area contributed by atoms with Crippen LogP contribution in [0.3, 0.4) is 0 Å². The summed E-state index contributed by atoms with van der Waals surface area (Å²) < 4.78 is 18.5. The molecular formula is C13H13BrFNO3. The maximum atomic E-state index is 13.4. The number of rotatable bonds is 5. The third-order valence-corrected chi connectivity index (χ3v) is 2.72. The summed E-state index contributed by atoms with van der Waals surface area (Å²) in [7, 11) is 1.28. The summed E-state index contributed by atoms with van der Waals surface area (Å²) in [4.78, 5) is 22.2. The molecule has 0 saturated carbocycles. The number of nitrogens with one attached hydrogen (secondary N) is 1. The van der Waals surface area contributed by atoms with Crippen LogP contribution in [-0.4, -0.2) is 25.5 Å². The molecule has 1 rings (SSSR count). The lowest BCUT2D eigenvalue weighted by atomic mass is 10.2. The van der Waals surface area contributed by atoms with Crippen molar-refractivity contribution in [3.05, 3.63) is 40.1 Å². The largest absolute Gasteiger partial charge is 0.469 e. The van der Waals surface area contributed by atoms with Gasteiger partial charge in [-0.15, -0.1) is 0 Å². The minimum absolute atomic E-state index is 0.0985. The van der Waals surface area contributed by atoms with E-state index in [4.69, 9.17) is 0 Å². The predicted octanol–water partition coefficient (Wildman–Crippen LogP) is 2.28. The van der Waals surface area contributed by atoms with E-state index in [0.717, 1.165) is 4.47 Å². The van der Waals surface area contributed by atoms with Gasteiger partial charge in [-0.25, -0.2) is 4.39 Å². The van der Waals surface area contributed by atoms with Crippen LogP contribution in [-0.2, 0) is 14.3 Å². The number of hydrogen-bond donors (Lipinski definition) is 1. The third kappa shape index (κ3) is 5.65. The van der Waals surface area contributed by atoms with Crippen LogP contribution in [0.25, 0.3) is 6.08 Å². The molecule has 102 valence electrons. The van der Waals surface area contributed by atoms with Crippen molar-refractivity contribution in [2.75, 3.05) is 13.7 Å². The zero-order chi connectivity index (χ0) is 14.3. The molecule has 0 heterocycles. The molecule has 1 aromatic carbocycles. The Kier molecular flexibility index (Phi) is 6.21. The van der Waals surface area contributed by atoms with Crippen molar-refractivity contribution < 1.29 is 18.7 Å². The third-order valence-electron chi connectivity index (χ3n) is 2.23. The molecule has 19 heavy (non-hydrogen) atoms. The maximum Gasteiger partial charge on any atom is 0.307 e. The highest BCUT2D eigenvalue weighted by Gasteiger charge is 2.02. The molecule has 0 aliphatic rings. The molecule has 0 bridgehead atoms. The first-order valence-electron chi connectivity index (χ1n) is 5.50. The lowest BCUT2D eigenvalue weighted by Gasteiger charge is -2.01. The number of hydrogen-bond acceptors (Lipinski definition) is 3. The first kappa shape index (κ1) is 15.4. The molecule has 0 fully saturated rings. The Morgan fingerprint density at radius 1 is 1.47 bits per heavy atom. The van der Waals surface area contributed by atoms with E-state index >= 15 is 0 Å². The van der Waals surface area contributed by atoms with Crippen molar-refractivity contribution in [2.24, 2.45) is 0 Å². The monoisotopic (exact) mass is 329 g/mol. The second-order valence-corrected chi connectivity index (χ2v) is 4.53. The average Bonchev–Trinajstić information content (AvgIpc) is 2.39. The summed E-state index contributed by atoms with van der Waals surface area (Å²) in [6, 6.07) is 4.44. The van der Waals surface area contributed by atoms with Crippen molar-refractivity contribution in [1.29, 1.82) is 0 Å². The highest BCUT2D eigenvalue weighted by molar-refractivity contribution is 9.10. The topological polar surface area (TPSA) is 55.4 Å². The number of carbonyl (C=O) groups is 2. The molecule has 6 heteroatoms. The van der Waals surface area contributed by atoms with Crippen LogP contribution in [0, 0.1) is 5.82 Å². The van der Waals surface area contributed by atoms with E-state index < -0.39 is 17.7 Å². The molecule has 0 atom stereocenters. The molecular weight excluding hydrogens is 317 g/mol. The molecule has 0 unspecified atom stereocenters. The van der Waals surface area contributed by atoms with E-state index in [2.05, 4.69) is 26.0 Å². The Hall–Kier alpha value is -1.69. The van der Waals surface area contributed by atoms with Crippen LogP contribution >= 0.6 is 15.9 Å². The predicted molar refractivity (Wildman–Crippen MR) is 72.8 cm³/mol. The van der Waals surface area contributed by atoms with Gasteiger partial charge in [-0.2, -0.15) is 0 Å². The molecule has 1 aromatic rings. The molecule has 1 amide bonds. The van der Waals surface area contributed by atoms with Crippen LogP contribution < -0.4 is 5.32 Å². The van der Waals surface area contributed by atoms with Gasteiger partial charge in [-0.1, -0.05) is 15.9 Å². The van der Waals surface area contributed by atoms with Crippen LogP contribution in [0.15, 0.2) is 28.7 Å². The van der Waals surface area contributed by atoms with Crippen molar-refractivity contribution in [3.8, 4) is 0 Å². The van der Waals surface area contributed by atoms with Gasteiger partial charge < -0.3 is 10.1 Å². The van der Waals surface area contributed by atoms with Crippen LogP contribution in [0.5, 0.6) is 0 Å². The summed E-state index contributed by atoms with van der Waals surface area (Å²) in [5, 5.41) is 2.49. The Morgan fingerprint density at radius 2 is 2.21 bits per heavy atom. The Bertz CT molecular complexity index is 503. The molecule has 0 saturated heterocycles. The minimum Gasteiger partial charge on any atom is -0.469 e. The van der Waals surface area contributed by atoms with Crippen molar-refractivity contribution >= 4 is 33.9 Å². The summed E-state index contributed by atoms with van der Waals surface area (Å²) in [5.74, 6) is -1.22. The number of benzene rings is 1. The lowest BCUT2D eigenvalue weighted by molar-refractivity contribution is -0.140. The second-order valence-electron chi connectivity index (χ2n) is 3.62. The van der Waals surface area contributed by atoms with Crippen molar-refractivity contribution in [2.45, 2.75) is 6.42 Å². The van der Waals surface area contributed by atoms with E-state index in [1.807, 2.05) is 0 Å². The SMILES string of the molecule is COC(=O)CCNC(=O)/C=C/c1cc(Br)ccc1F. The summed E-state index contributed by atoms with van der Waals surface area (Å²) in [6.45, 7) is 0.177. The van der Waals surface area contributed by atoms with Gasteiger partial charge in [-0.05, 0) is 24.3 Å². The van der Waals surface area contributed by atoms with Crippen LogP contribution in [0.4, 0.5) is 4.39 Å². The van der Waals surface area contributed by atoms with Crippen molar-refractivity contribution in [3.63, 3.8) is 0 Å². The Morgan fingerprint density at radius 3 is 2.89 bits per heavy atom. The van der Waals surface area contributed by atoms with Crippen LogP contribution in [0.1, 0.15) is 12.0 Å². The van der Waals surface area contributed by atoms with Gasteiger partial charge in [0, 0.05) is 22.7 Å². The highest BCUT2D eigenvalue weighted by Crippen LogP contribution is 2.16. The van der Waals surface area contributed by atoms with E-state index in [9.17, 15) is 14.0 Å². The van der Waals surface area contributed by atoms with Gasteiger partial charge >= 0.3 is 5.97 Å². The normalized spacial score (nSPS) is 10.5. The molecule has 0 aliphatic carbocycles. The zero-order valence-corrected chi connectivity index (χ0v) is 11.9. The second kappa shape index (κ2) is 7.68. The molecule has 1 N–H and O–H groups in total. The molecule has 0 spiro atoms. The van der Waals surface area contributed by atoms with E-state index in [0.29, 0.717) is 5.56 Å². The summed E-state index contributed by atoms with van der Waals surface area (Å²) in [5.41, 5.74) is 0.303.